The van der Waals surface area contributed by atoms with Crippen LogP contribution in [0.5, 0.6) is 0 Å². The maximum Gasteiger partial charge on any atom is 0.0724 e. The highest BCUT2D eigenvalue weighted by Gasteiger charge is 2.18. The summed E-state index contributed by atoms with van der Waals surface area (Å²) in [5.41, 5.74) is 9.39. The lowest BCUT2D eigenvalue weighted by atomic mass is 10.0. The van der Waals surface area contributed by atoms with Gasteiger partial charge in [-0.1, -0.05) is 97.1 Å². The molecule has 0 aliphatic heterocycles. The van der Waals surface area contributed by atoms with Crippen molar-refractivity contribution < 1.29 is 0 Å². The lowest BCUT2D eigenvalue weighted by molar-refractivity contribution is 1.17. The molecule has 3 nitrogen and oxygen atoms in total. The van der Waals surface area contributed by atoms with Crippen LogP contribution in [0.2, 0.25) is 0 Å². The zero-order valence-corrected chi connectivity index (χ0v) is 22.8. The lowest BCUT2D eigenvalue weighted by Gasteiger charge is -2.13. The van der Waals surface area contributed by atoms with E-state index < -0.39 is 0 Å². The second kappa shape index (κ2) is 8.92. The normalized spacial score (nSPS) is 11.8. The second-order valence-corrected chi connectivity index (χ2v) is 10.9. The molecule has 0 radical (unpaired) electrons. The molecule has 6 aromatic carbocycles. The summed E-state index contributed by atoms with van der Waals surface area (Å²) < 4.78 is 4.77. The molecule has 0 bridgehead atoms. The second-order valence-electron chi connectivity index (χ2n) is 10.9. The third-order valence-electron chi connectivity index (χ3n) is 8.58. The number of hydrogen-bond acceptors (Lipinski definition) is 1. The van der Waals surface area contributed by atoms with Gasteiger partial charge in [0.2, 0.25) is 0 Å². The fourth-order valence-corrected chi connectivity index (χ4v) is 6.72. The molecular formula is C39H25N3. The molecule has 3 heteroatoms. The molecule has 0 fully saturated rings. The van der Waals surface area contributed by atoms with E-state index in [4.69, 9.17) is 0 Å². The van der Waals surface area contributed by atoms with Gasteiger partial charge in [0.15, 0.2) is 0 Å². The van der Waals surface area contributed by atoms with Gasteiger partial charge in [0.25, 0.3) is 0 Å². The minimum Gasteiger partial charge on any atom is -0.309 e. The van der Waals surface area contributed by atoms with Crippen LogP contribution in [0.4, 0.5) is 0 Å². The van der Waals surface area contributed by atoms with Crippen LogP contribution in [0, 0.1) is 0 Å². The third kappa shape index (κ3) is 3.31. The maximum atomic E-state index is 4.50. The van der Waals surface area contributed by atoms with Gasteiger partial charge in [-0.05, 0) is 58.8 Å². The molecule has 0 saturated carbocycles. The molecule has 0 aliphatic carbocycles. The molecule has 0 saturated heterocycles. The van der Waals surface area contributed by atoms with E-state index in [0.29, 0.717) is 0 Å². The first-order valence-electron chi connectivity index (χ1n) is 14.3. The summed E-state index contributed by atoms with van der Waals surface area (Å²) in [6.07, 6.45) is 3.87. The van der Waals surface area contributed by atoms with Gasteiger partial charge in [-0.15, -0.1) is 0 Å². The van der Waals surface area contributed by atoms with E-state index in [-0.39, 0.29) is 0 Å². The molecule has 3 aromatic heterocycles. The van der Waals surface area contributed by atoms with Gasteiger partial charge >= 0.3 is 0 Å². The molecule has 0 unspecified atom stereocenters. The highest BCUT2D eigenvalue weighted by atomic mass is 15.0. The third-order valence-corrected chi connectivity index (χ3v) is 8.58. The number of aromatic nitrogens is 3. The smallest absolute Gasteiger partial charge is 0.0724 e. The average molecular weight is 536 g/mol. The van der Waals surface area contributed by atoms with Crippen LogP contribution in [-0.4, -0.2) is 14.1 Å². The highest BCUT2D eigenvalue weighted by molar-refractivity contribution is 6.15. The molecule has 0 aliphatic rings. The molecule has 0 N–H and O–H groups in total. The van der Waals surface area contributed by atoms with E-state index in [1.807, 2.05) is 12.4 Å². The Bertz CT molecular complexity index is 2460. The van der Waals surface area contributed by atoms with Crippen molar-refractivity contribution in [1.29, 1.82) is 0 Å². The molecule has 0 atom stereocenters. The Labute approximate surface area is 242 Å². The van der Waals surface area contributed by atoms with Gasteiger partial charge < -0.3 is 9.13 Å². The fourth-order valence-electron chi connectivity index (χ4n) is 6.72. The number of pyridine rings is 1. The topological polar surface area (TPSA) is 22.8 Å². The van der Waals surface area contributed by atoms with E-state index >= 15 is 0 Å². The van der Waals surface area contributed by atoms with Crippen LogP contribution in [0.25, 0.3) is 76.9 Å². The van der Waals surface area contributed by atoms with Crippen LogP contribution in [-0.2, 0) is 0 Å². The van der Waals surface area contributed by atoms with Crippen molar-refractivity contribution in [3.63, 3.8) is 0 Å². The van der Waals surface area contributed by atoms with Gasteiger partial charge in [-0.2, -0.15) is 0 Å². The molecule has 0 spiro atoms. The molecule has 9 aromatic rings. The number of hydrogen-bond donors (Lipinski definition) is 0. The average Bonchev–Trinajstić information content (AvgIpc) is 3.58. The Balaban J connectivity index is 1.37. The monoisotopic (exact) mass is 535 g/mol. The summed E-state index contributed by atoms with van der Waals surface area (Å²) in [6.45, 7) is 0. The van der Waals surface area contributed by atoms with Gasteiger partial charge in [0.05, 0.1) is 28.3 Å². The van der Waals surface area contributed by atoms with E-state index in [1.165, 1.54) is 65.7 Å². The van der Waals surface area contributed by atoms with E-state index in [9.17, 15) is 0 Å². The summed E-state index contributed by atoms with van der Waals surface area (Å²) in [7, 11) is 0. The standard InChI is InChI=1S/C39H25N3/c1-2-11-29(12-3-1)42-38-25-40-22-21-34(38)35-15-8-14-31(39(35)42)28-18-20-33-32-13-6-7-16-36(32)41(37(33)24-28)30-19-17-26-9-4-5-10-27(26)23-30/h1-25H. The first kappa shape index (κ1) is 23.1. The van der Waals surface area contributed by atoms with E-state index in [1.54, 1.807) is 0 Å². The van der Waals surface area contributed by atoms with Crippen LogP contribution in [0.3, 0.4) is 0 Å². The van der Waals surface area contributed by atoms with Crippen molar-refractivity contribution in [2.24, 2.45) is 0 Å². The minimum atomic E-state index is 1.11. The van der Waals surface area contributed by atoms with Gasteiger partial charge in [0, 0.05) is 44.7 Å². The Morgan fingerprint density at radius 3 is 2.12 bits per heavy atom. The van der Waals surface area contributed by atoms with E-state index in [0.717, 1.165) is 11.2 Å². The minimum absolute atomic E-state index is 1.11. The van der Waals surface area contributed by atoms with E-state index in [2.05, 4.69) is 154 Å². The van der Waals surface area contributed by atoms with Crippen molar-refractivity contribution in [1.82, 2.24) is 14.1 Å². The van der Waals surface area contributed by atoms with Crippen molar-refractivity contribution in [2.45, 2.75) is 0 Å². The predicted octanol–water partition coefficient (Wildman–Crippen LogP) is 10.1. The number of para-hydroxylation sites is 3. The summed E-state index contributed by atoms with van der Waals surface area (Å²) >= 11 is 0. The van der Waals surface area contributed by atoms with Crippen LogP contribution < -0.4 is 0 Å². The number of fused-ring (bicyclic) bond motifs is 7. The lowest BCUT2D eigenvalue weighted by Crippen LogP contribution is -1.96. The largest absolute Gasteiger partial charge is 0.309 e. The summed E-state index contributed by atoms with van der Waals surface area (Å²) in [4.78, 5) is 4.50. The Morgan fingerprint density at radius 2 is 1.19 bits per heavy atom. The maximum absolute atomic E-state index is 4.50. The van der Waals surface area contributed by atoms with Crippen molar-refractivity contribution in [3.8, 4) is 22.5 Å². The number of rotatable bonds is 3. The first-order chi connectivity index (χ1) is 20.8. The van der Waals surface area contributed by atoms with Crippen molar-refractivity contribution in [3.05, 3.63) is 152 Å². The first-order valence-corrected chi connectivity index (χ1v) is 14.3. The summed E-state index contributed by atoms with van der Waals surface area (Å²) in [6, 6.07) is 50.4. The fraction of sp³-hybridized carbons (Fsp3) is 0. The molecule has 3 heterocycles. The van der Waals surface area contributed by atoms with Gasteiger partial charge in [-0.3, -0.25) is 4.98 Å². The zero-order valence-electron chi connectivity index (χ0n) is 22.8. The Kier molecular flexibility index (Phi) is 4.90. The SMILES string of the molecule is c1ccc(-n2c3cnccc3c3cccc(-c4ccc5c6ccccc6n(-c6ccc7ccccc7c6)c5c4)c32)cc1. The number of nitrogens with zero attached hydrogens (tertiary/aromatic N) is 3. The molecule has 42 heavy (non-hydrogen) atoms. The van der Waals surface area contributed by atoms with Crippen molar-refractivity contribution in [2.75, 3.05) is 0 Å². The molecule has 0 amide bonds. The Hall–Kier alpha value is -5.67. The Morgan fingerprint density at radius 1 is 0.429 bits per heavy atom. The van der Waals surface area contributed by atoms with Gasteiger partial charge in [-0.25, -0.2) is 0 Å². The van der Waals surface area contributed by atoms with Crippen molar-refractivity contribution >= 4 is 54.4 Å². The van der Waals surface area contributed by atoms with Crippen LogP contribution in [0.15, 0.2) is 152 Å². The highest BCUT2D eigenvalue weighted by Crippen LogP contribution is 2.40. The number of benzene rings is 6. The predicted molar refractivity (Wildman–Crippen MR) is 176 cm³/mol. The summed E-state index contributed by atoms with van der Waals surface area (Å²) in [5, 5.41) is 7.43. The van der Waals surface area contributed by atoms with Crippen LogP contribution in [0.1, 0.15) is 0 Å². The molecular weight excluding hydrogens is 510 g/mol. The molecule has 9 rings (SSSR count). The quantitative estimate of drug-likeness (QED) is 0.221. The summed E-state index contributed by atoms with van der Waals surface area (Å²) in [5.74, 6) is 0. The molecule has 196 valence electrons. The zero-order chi connectivity index (χ0) is 27.6. The van der Waals surface area contributed by atoms with Crippen LogP contribution >= 0.6 is 0 Å². The van der Waals surface area contributed by atoms with Gasteiger partial charge in [0.1, 0.15) is 0 Å².